The minimum Gasteiger partial charge on any atom is -0.478 e. The average Bonchev–Trinajstić information content (AvgIpc) is 2.71. The van der Waals surface area contributed by atoms with Crippen LogP contribution in [0, 0.1) is 11.7 Å². The fraction of sp³-hybridized carbons (Fsp3) is 0.462. The Morgan fingerprint density at radius 3 is 2.83 bits per heavy atom. The van der Waals surface area contributed by atoms with Crippen molar-refractivity contribution in [2.24, 2.45) is 5.92 Å². The molecule has 18 heavy (non-hydrogen) atoms. The van der Waals surface area contributed by atoms with Gasteiger partial charge in [-0.3, -0.25) is 0 Å². The standard InChI is InChI=1S/C13H16FNO3/c14-9-4-2-5-10(12(9)13(17)18)15-7-8-3-1-6-11(8)16/h2,4-5,8,11,15-16H,1,3,6-7H2,(H,17,18). The van der Waals surface area contributed by atoms with Crippen LogP contribution in [0.2, 0.25) is 0 Å². The number of aliphatic hydroxyl groups excluding tert-OH is 1. The van der Waals surface area contributed by atoms with Crippen LogP contribution in [0.15, 0.2) is 18.2 Å². The molecular weight excluding hydrogens is 237 g/mol. The van der Waals surface area contributed by atoms with Crippen LogP contribution in [0.5, 0.6) is 0 Å². The molecule has 2 rings (SSSR count). The molecule has 0 amide bonds. The maximum absolute atomic E-state index is 13.4. The molecule has 0 aliphatic heterocycles. The number of aliphatic hydroxyl groups is 1. The lowest BCUT2D eigenvalue weighted by atomic mass is 10.1. The van der Waals surface area contributed by atoms with Gasteiger partial charge in [-0.1, -0.05) is 12.5 Å². The van der Waals surface area contributed by atoms with Crippen LogP contribution in [0.4, 0.5) is 10.1 Å². The molecule has 2 unspecified atom stereocenters. The summed E-state index contributed by atoms with van der Waals surface area (Å²) in [7, 11) is 0. The maximum Gasteiger partial charge on any atom is 0.340 e. The topological polar surface area (TPSA) is 69.6 Å². The highest BCUT2D eigenvalue weighted by Gasteiger charge is 2.25. The Labute approximate surface area is 104 Å². The summed E-state index contributed by atoms with van der Waals surface area (Å²) in [5, 5.41) is 21.6. The fourth-order valence-electron chi connectivity index (χ4n) is 2.39. The number of anilines is 1. The van der Waals surface area contributed by atoms with Gasteiger partial charge in [-0.05, 0) is 25.0 Å². The molecule has 1 fully saturated rings. The van der Waals surface area contributed by atoms with Crippen molar-refractivity contribution in [3.05, 3.63) is 29.6 Å². The first-order valence-electron chi connectivity index (χ1n) is 6.03. The zero-order valence-electron chi connectivity index (χ0n) is 9.90. The third kappa shape index (κ3) is 2.61. The van der Waals surface area contributed by atoms with Gasteiger partial charge in [0.2, 0.25) is 0 Å². The molecule has 3 N–H and O–H groups in total. The molecule has 1 aromatic rings. The Bertz CT molecular complexity index is 450. The van der Waals surface area contributed by atoms with Crippen LogP contribution in [0.25, 0.3) is 0 Å². The number of carboxylic acid groups (broad SMARTS) is 1. The van der Waals surface area contributed by atoms with E-state index < -0.39 is 11.8 Å². The van der Waals surface area contributed by atoms with Gasteiger partial charge < -0.3 is 15.5 Å². The van der Waals surface area contributed by atoms with Crippen molar-refractivity contribution in [1.29, 1.82) is 0 Å². The van der Waals surface area contributed by atoms with E-state index in [0.29, 0.717) is 6.54 Å². The molecule has 4 nitrogen and oxygen atoms in total. The third-order valence-electron chi connectivity index (χ3n) is 3.40. The number of benzene rings is 1. The van der Waals surface area contributed by atoms with E-state index in [4.69, 9.17) is 5.11 Å². The van der Waals surface area contributed by atoms with Gasteiger partial charge in [-0.15, -0.1) is 0 Å². The highest BCUT2D eigenvalue weighted by molar-refractivity contribution is 5.94. The zero-order chi connectivity index (χ0) is 13.1. The lowest BCUT2D eigenvalue weighted by Crippen LogP contribution is -2.23. The Morgan fingerprint density at radius 1 is 1.44 bits per heavy atom. The van der Waals surface area contributed by atoms with Crippen LogP contribution in [-0.2, 0) is 0 Å². The smallest absolute Gasteiger partial charge is 0.340 e. The summed E-state index contributed by atoms with van der Waals surface area (Å²) in [5.74, 6) is -1.93. The summed E-state index contributed by atoms with van der Waals surface area (Å²) in [5.41, 5.74) is -0.0772. The Balaban J connectivity index is 2.09. The van der Waals surface area contributed by atoms with Crippen molar-refractivity contribution in [2.75, 3.05) is 11.9 Å². The number of hydrogen-bond donors (Lipinski definition) is 3. The molecule has 2 atom stereocenters. The minimum absolute atomic E-state index is 0.106. The normalized spacial score (nSPS) is 23.0. The van der Waals surface area contributed by atoms with Gasteiger partial charge >= 0.3 is 5.97 Å². The van der Waals surface area contributed by atoms with E-state index in [9.17, 15) is 14.3 Å². The number of nitrogens with one attached hydrogen (secondary N) is 1. The second kappa shape index (κ2) is 5.35. The second-order valence-electron chi connectivity index (χ2n) is 4.61. The van der Waals surface area contributed by atoms with Gasteiger partial charge in [-0.25, -0.2) is 9.18 Å². The first-order valence-corrected chi connectivity index (χ1v) is 6.03. The predicted molar refractivity (Wildman–Crippen MR) is 65.2 cm³/mol. The molecule has 5 heteroatoms. The number of halogens is 1. The number of hydrogen-bond acceptors (Lipinski definition) is 3. The van der Waals surface area contributed by atoms with Crippen LogP contribution in [-0.4, -0.2) is 28.8 Å². The number of aromatic carboxylic acids is 1. The quantitative estimate of drug-likeness (QED) is 0.768. The molecule has 1 aliphatic rings. The highest BCUT2D eigenvalue weighted by atomic mass is 19.1. The molecule has 0 saturated heterocycles. The summed E-state index contributed by atoms with van der Waals surface area (Å²) in [6.07, 6.45) is 2.31. The molecule has 0 spiro atoms. The lowest BCUT2D eigenvalue weighted by molar-refractivity contribution is 0.0693. The summed E-state index contributed by atoms with van der Waals surface area (Å²) in [4.78, 5) is 11.0. The van der Waals surface area contributed by atoms with Crippen molar-refractivity contribution >= 4 is 11.7 Å². The van der Waals surface area contributed by atoms with Crippen molar-refractivity contribution in [1.82, 2.24) is 0 Å². The Hall–Kier alpha value is -1.62. The van der Waals surface area contributed by atoms with Crippen molar-refractivity contribution in [3.63, 3.8) is 0 Å². The number of rotatable bonds is 4. The van der Waals surface area contributed by atoms with Crippen molar-refractivity contribution in [2.45, 2.75) is 25.4 Å². The maximum atomic E-state index is 13.4. The van der Waals surface area contributed by atoms with E-state index in [1.807, 2.05) is 0 Å². The zero-order valence-corrected chi connectivity index (χ0v) is 9.90. The van der Waals surface area contributed by atoms with Gasteiger partial charge in [0.05, 0.1) is 11.8 Å². The van der Waals surface area contributed by atoms with E-state index in [0.717, 1.165) is 25.3 Å². The Morgan fingerprint density at radius 2 is 2.22 bits per heavy atom. The largest absolute Gasteiger partial charge is 0.478 e. The summed E-state index contributed by atoms with van der Waals surface area (Å²) in [6, 6.07) is 4.13. The molecule has 1 aliphatic carbocycles. The summed E-state index contributed by atoms with van der Waals surface area (Å²) >= 11 is 0. The van der Waals surface area contributed by atoms with E-state index in [-0.39, 0.29) is 23.3 Å². The summed E-state index contributed by atoms with van der Waals surface area (Å²) < 4.78 is 13.4. The van der Waals surface area contributed by atoms with Crippen LogP contribution in [0.1, 0.15) is 29.6 Å². The van der Waals surface area contributed by atoms with E-state index in [1.165, 1.54) is 12.1 Å². The number of carboxylic acids is 1. The van der Waals surface area contributed by atoms with Crippen molar-refractivity contribution < 1.29 is 19.4 Å². The van der Waals surface area contributed by atoms with Gasteiger partial charge in [0.25, 0.3) is 0 Å². The van der Waals surface area contributed by atoms with Gasteiger partial charge in [-0.2, -0.15) is 0 Å². The van der Waals surface area contributed by atoms with E-state index >= 15 is 0 Å². The monoisotopic (exact) mass is 253 g/mol. The van der Waals surface area contributed by atoms with Crippen molar-refractivity contribution in [3.8, 4) is 0 Å². The molecule has 0 heterocycles. The van der Waals surface area contributed by atoms with E-state index in [2.05, 4.69) is 5.32 Å². The predicted octanol–water partition coefficient (Wildman–Crippen LogP) is 2.10. The van der Waals surface area contributed by atoms with Crippen LogP contribution < -0.4 is 5.32 Å². The molecule has 0 bridgehead atoms. The van der Waals surface area contributed by atoms with Gasteiger partial charge in [0.15, 0.2) is 0 Å². The van der Waals surface area contributed by atoms with Gasteiger partial charge in [0, 0.05) is 12.5 Å². The van der Waals surface area contributed by atoms with Crippen LogP contribution in [0.3, 0.4) is 0 Å². The Kier molecular flexibility index (Phi) is 3.81. The summed E-state index contributed by atoms with van der Waals surface area (Å²) in [6.45, 7) is 0.463. The molecule has 0 aromatic heterocycles. The SMILES string of the molecule is O=C(O)c1c(F)cccc1NCC1CCCC1O. The first-order chi connectivity index (χ1) is 8.59. The molecular formula is C13H16FNO3. The average molecular weight is 253 g/mol. The second-order valence-corrected chi connectivity index (χ2v) is 4.61. The first kappa shape index (κ1) is 12.8. The minimum atomic E-state index is -1.29. The molecule has 1 saturated carbocycles. The third-order valence-corrected chi connectivity index (χ3v) is 3.40. The van der Waals surface area contributed by atoms with Crippen LogP contribution >= 0.6 is 0 Å². The van der Waals surface area contributed by atoms with E-state index in [1.54, 1.807) is 0 Å². The molecule has 1 aromatic carbocycles. The lowest BCUT2D eigenvalue weighted by Gasteiger charge is -2.17. The van der Waals surface area contributed by atoms with Gasteiger partial charge in [0.1, 0.15) is 11.4 Å². The number of carbonyl (C=O) groups is 1. The highest BCUT2D eigenvalue weighted by Crippen LogP contribution is 2.27. The molecule has 98 valence electrons. The fourth-order valence-corrected chi connectivity index (χ4v) is 2.39. The molecule has 0 radical (unpaired) electrons.